The first-order valence-corrected chi connectivity index (χ1v) is 18.3. The second-order valence-electron chi connectivity index (χ2n) is 16.4. The molecule has 1 saturated heterocycles. The molecule has 2 spiro atoms. The first-order valence-electron chi connectivity index (χ1n) is 18.3. The molecule has 258 valence electrons. The van der Waals surface area contributed by atoms with E-state index in [1.165, 1.54) is 57.7 Å². The normalized spacial score (nSPS) is 22.2. The lowest BCUT2D eigenvalue weighted by molar-refractivity contribution is -0.563. The number of nitrogens with two attached hydrogens (primary N) is 1. The Hall–Kier alpha value is -3.29. The monoisotopic (exact) mass is 650 g/mol. The summed E-state index contributed by atoms with van der Waals surface area (Å²) in [6, 6.07) is 12.7. The van der Waals surface area contributed by atoms with Crippen LogP contribution in [0.25, 0.3) is 11.5 Å². The van der Waals surface area contributed by atoms with Gasteiger partial charge in [0.05, 0.1) is 24.1 Å². The molecule has 0 aromatic carbocycles. The van der Waals surface area contributed by atoms with Gasteiger partial charge in [-0.05, 0) is 146 Å². The van der Waals surface area contributed by atoms with Crippen LogP contribution >= 0.6 is 0 Å². The van der Waals surface area contributed by atoms with Crippen LogP contribution in [0.5, 0.6) is 0 Å². The Kier molecular flexibility index (Phi) is 9.04. The largest absolute Gasteiger partial charge is 0.333 e. The molecule has 1 aliphatic heterocycles. The Balaban J connectivity index is 0.00000197. The highest BCUT2D eigenvalue weighted by Gasteiger charge is 2.92. The summed E-state index contributed by atoms with van der Waals surface area (Å²) in [6.45, 7) is 24.6. The SMILES string of the molecule is C=CC(C)(C)N1CC(CCNc2cccc[n+]2C(=C)c2ccc(-n3ccc(CCCC4(C)C5(CC5)C45CC5)n3)nc2C)CC1(C)C.CN. The van der Waals surface area contributed by atoms with E-state index < -0.39 is 0 Å². The summed E-state index contributed by atoms with van der Waals surface area (Å²) >= 11 is 0. The summed E-state index contributed by atoms with van der Waals surface area (Å²) in [7, 11) is 1.50. The molecule has 0 bridgehead atoms. The Morgan fingerprint density at radius 3 is 2.44 bits per heavy atom. The third-order valence-corrected chi connectivity index (χ3v) is 13.0. The standard InChI is InChI=1S/C40H54N6.CH5N/c1-9-36(4,5)46-28-31(27-37(46,6)7)17-24-41-34-14-10-11-25-44(34)30(3)33-15-16-35(42-29(33)2)45-26-18-32(43-45)13-12-19-38(8)39(20-21-39)40(38)22-23-40;1-2/h9-11,14-16,18,25-26,31H,1,3,12-13,17,19-24,27-28H2,2,4-8H3;2H2,1H3/p+1. The van der Waals surface area contributed by atoms with Crippen molar-refractivity contribution < 1.29 is 4.57 Å². The summed E-state index contributed by atoms with van der Waals surface area (Å²) in [5, 5.41) is 8.64. The topological polar surface area (TPSA) is 75.9 Å². The number of rotatable bonds is 13. The van der Waals surface area contributed by atoms with Crippen molar-refractivity contribution in [1.29, 1.82) is 0 Å². The quantitative estimate of drug-likeness (QED) is 0.146. The van der Waals surface area contributed by atoms with Gasteiger partial charge in [-0.2, -0.15) is 5.10 Å². The molecule has 7 rings (SSSR count). The average Bonchev–Trinajstić information content (AvgIpc) is 4.01. The van der Waals surface area contributed by atoms with Gasteiger partial charge in [-0.3, -0.25) is 10.2 Å². The van der Waals surface area contributed by atoms with Crippen molar-refractivity contribution in [1.82, 2.24) is 19.7 Å². The second-order valence-corrected chi connectivity index (χ2v) is 16.4. The number of likely N-dealkylation sites (tertiary alicyclic amines) is 1. The fourth-order valence-corrected chi connectivity index (χ4v) is 10.2. The van der Waals surface area contributed by atoms with E-state index in [-0.39, 0.29) is 11.1 Å². The highest BCUT2D eigenvalue weighted by molar-refractivity contribution is 5.60. The summed E-state index contributed by atoms with van der Waals surface area (Å²) in [6.07, 6.45) is 18.1. The molecule has 0 radical (unpaired) electrons. The molecular weight excluding hydrogens is 591 g/mol. The van der Waals surface area contributed by atoms with Gasteiger partial charge in [0, 0.05) is 35.4 Å². The van der Waals surface area contributed by atoms with E-state index in [2.05, 4.69) is 130 Å². The molecule has 48 heavy (non-hydrogen) atoms. The predicted octanol–water partition coefficient (Wildman–Crippen LogP) is 7.73. The van der Waals surface area contributed by atoms with Gasteiger partial charge in [0.15, 0.2) is 5.82 Å². The van der Waals surface area contributed by atoms with Crippen LogP contribution in [-0.2, 0) is 6.42 Å². The van der Waals surface area contributed by atoms with Crippen molar-refractivity contribution in [3.63, 3.8) is 0 Å². The van der Waals surface area contributed by atoms with Gasteiger partial charge in [0.25, 0.3) is 5.82 Å². The van der Waals surface area contributed by atoms with Crippen molar-refractivity contribution in [2.24, 2.45) is 27.9 Å². The number of hydrogen-bond acceptors (Lipinski definition) is 5. The molecule has 3 aromatic rings. The number of pyridine rings is 2. The molecule has 1 atom stereocenters. The number of aromatic nitrogens is 4. The smallest absolute Gasteiger partial charge is 0.279 e. The van der Waals surface area contributed by atoms with E-state index in [9.17, 15) is 0 Å². The number of fused-ring (bicyclic) bond motifs is 1. The van der Waals surface area contributed by atoms with Crippen molar-refractivity contribution in [2.75, 3.05) is 25.5 Å². The van der Waals surface area contributed by atoms with E-state index >= 15 is 0 Å². The first kappa shape index (κ1) is 34.6. The summed E-state index contributed by atoms with van der Waals surface area (Å²) in [5.74, 6) is 2.55. The van der Waals surface area contributed by atoms with Gasteiger partial charge >= 0.3 is 0 Å². The average molecular weight is 651 g/mol. The zero-order valence-electron chi connectivity index (χ0n) is 30.8. The van der Waals surface area contributed by atoms with Crippen LogP contribution in [0.1, 0.15) is 103 Å². The second kappa shape index (κ2) is 12.5. The molecule has 0 amide bonds. The minimum Gasteiger partial charge on any atom is -0.333 e. The van der Waals surface area contributed by atoms with Crippen molar-refractivity contribution in [3.8, 4) is 5.82 Å². The molecule has 7 heteroatoms. The highest BCUT2D eigenvalue weighted by atomic mass is 15.3. The van der Waals surface area contributed by atoms with Crippen LogP contribution in [0, 0.1) is 29.1 Å². The number of nitrogens with one attached hydrogen (secondary N) is 1. The first-order chi connectivity index (χ1) is 22.9. The Morgan fingerprint density at radius 2 is 1.79 bits per heavy atom. The van der Waals surface area contributed by atoms with Crippen LogP contribution in [-0.4, -0.2) is 50.9 Å². The molecule has 4 heterocycles. The van der Waals surface area contributed by atoms with E-state index in [1.54, 1.807) is 0 Å². The van der Waals surface area contributed by atoms with Crippen molar-refractivity contribution >= 4 is 11.5 Å². The van der Waals surface area contributed by atoms with E-state index in [0.717, 1.165) is 65.4 Å². The van der Waals surface area contributed by atoms with Gasteiger partial charge in [0.1, 0.15) is 5.70 Å². The minimum absolute atomic E-state index is 0.000316. The van der Waals surface area contributed by atoms with E-state index in [1.807, 2.05) is 4.68 Å². The van der Waals surface area contributed by atoms with Crippen LogP contribution in [0.2, 0.25) is 0 Å². The summed E-state index contributed by atoms with van der Waals surface area (Å²) in [4.78, 5) is 7.59. The molecule has 7 nitrogen and oxygen atoms in total. The fourth-order valence-electron chi connectivity index (χ4n) is 10.2. The molecule has 3 saturated carbocycles. The lowest BCUT2D eigenvalue weighted by Crippen LogP contribution is -2.50. The zero-order valence-corrected chi connectivity index (χ0v) is 30.8. The Bertz CT molecular complexity index is 1640. The van der Waals surface area contributed by atoms with Gasteiger partial charge < -0.3 is 5.73 Å². The number of nitrogens with zero attached hydrogens (tertiary/aromatic N) is 5. The predicted molar refractivity (Wildman–Crippen MR) is 198 cm³/mol. The highest BCUT2D eigenvalue weighted by Crippen LogP contribution is 2.99. The van der Waals surface area contributed by atoms with Crippen LogP contribution in [0.4, 0.5) is 5.82 Å². The van der Waals surface area contributed by atoms with E-state index in [4.69, 9.17) is 10.1 Å². The van der Waals surface area contributed by atoms with Crippen molar-refractivity contribution in [2.45, 2.75) is 110 Å². The van der Waals surface area contributed by atoms with Gasteiger partial charge in [-0.25, -0.2) is 14.2 Å². The Morgan fingerprint density at radius 1 is 1.08 bits per heavy atom. The lowest BCUT2D eigenvalue weighted by atomic mass is 9.92. The maximum absolute atomic E-state index is 4.97. The molecular formula is C41H60N7+. The van der Waals surface area contributed by atoms with Gasteiger partial charge in [-0.1, -0.05) is 25.6 Å². The maximum atomic E-state index is 4.97. The van der Waals surface area contributed by atoms with E-state index in [0.29, 0.717) is 11.3 Å². The molecule has 1 unspecified atom stereocenters. The molecule has 4 fully saturated rings. The third kappa shape index (κ3) is 5.75. The van der Waals surface area contributed by atoms with Crippen LogP contribution < -0.4 is 15.6 Å². The molecule has 3 N–H and O–H groups in total. The molecule has 4 aliphatic rings. The minimum atomic E-state index is 0.000316. The molecule has 3 aromatic heterocycles. The summed E-state index contributed by atoms with van der Waals surface area (Å²) in [5.41, 5.74) is 10.9. The zero-order chi connectivity index (χ0) is 34.5. The lowest BCUT2D eigenvalue weighted by Gasteiger charge is -2.42. The van der Waals surface area contributed by atoms with Gasteiger partial charge in [-0.15, -0.1) is 6.58 Å². The number of anilines is 1. The molecule has 3 aliphatic carbocycles. The van der Waals surface area contributed by atoms with Crippen LogP contribution in [0.3, 0.4) is 0 Å². The van der Waals surface area contributed by atoms with Crippen molar-refractivity contribution in [3.05, 3.63) is 85.0 Å². The third-order valence-electron chi connectivity index (χ3n) is 13.0. The summed E-state index contributed by atoms with van der Waals surface area (Å²) < 4.78 is 4.09. The van der Waals surface area contributed by atoms with Gasteiger partial charge in [0.2, 0.25) is 0 Å². The number of hydrogen-bond donors (Lipinski definition) is 2. The maximum Gasteiger partial charge on any atom is 0.279 e. The van der Waals surface area contributed by atoms with Crippen LogP contribution in [0.15, 0.2) is 68.0 Å². The number of aryl methyl sites for hydroxylation is 2. The Labute approximate surface area is 289 Å². The fraction of sp³-hybridized carbons (Fsp3) is 0.585.